The van der Waals surface area contributed by atoms with Gasteiger partial charge in [0.25, 0.3) is 17.2 Å². The van der Waals surface area contributed by atoms with Crippen LogP contribution in [0, 0.1) is 13.8 Å². The Morgan fingerprint density at radius 2 is 1.79 bits per heavy atom. The van der Waals surface area contributed by atoms with E-state index in [2.05, 4.69) is 30.5 Å². The van der Waals surface area contributed by atoms with Crippen LogP contribution in [0.2, 0.25) is 5.02 Å². The van der Waals surface area contributed by atoms with Crippen molar-refractivity contribution in [3.8, 4) is 11.6 Å². The van der Waals surface area contributed by atoms with Crippen LogP contribution in [-0.4, -0.2) is 46.2 Å². The van der Waals surface area contributed by atoms with Crippen molar-refractivity contribution >= 4 is 51.0 Å². The Morgan fingerprint density at radius 3 is 2.61 bits per heavy atom. The van der Waals surface area contributed by atoms with Crippen LogP contribution in [0.4, 0.5) is 5.82 Å². The summed E-state index contributed by atoms with van der Waals surface area (Å²) < 4.78 is 2.75. The van der Waals surface area contributed by atoms with Crippen molar-refractivity contribution in [1.29, 1.82) is 0 Å². The van der Waals surface area contributed by atoms with Crippen LogP contribution in [0.1, 0.15) is 21.7 Å². The summed E-state index contributed by atoms with van der Waals surface area (Å²) in [5.74, 6) is -1.37. The molecule has 1 amide bonds. The molecule has 0 atom stereocenters. The van der Waals surface area contributed by atoms with Crippen LogP contribution in [0.3, 0.4) is 0 Å². The molecule has 188 valence electrons. The third-order valence-corrected chi connectivity index (χ3v) is 6.31. The number of aromatic amines is 2. The Bertz CT molecular complexity index is 1960. The minimum atomic E-state index is -0.855. The fraction of sp³-hybridized carbons (Fsp3) is 0.0769. The molecule has 0 fully saturated rings. The van der Waals surface area contributed by atoms with Crippen LogP contribution in [-0.2, 0) is 4.79 Å². The maximum atomic E-state index is 13.2. The van der Waals surface area contributed by atoms with Crippen molar-refractivity contribution in [3.05, 3.63) is 93.1 Å². The number of carbonyl (C=O) groups excluding carboxylic acids is 2. The predicted molar refractivity (Wildman–Crippen MR) is 142 cm³/mol. The van der Waals surface area contributed by atoms with Gasteiger partial charge in [0.2, 0.25) is 5.95 Å². The van der Waals surface area contributed by atoms with Gasteiger partial charge in [-0.05, 0) is 38.1 Å². The van der Waals surface area contributed by atoms with Gasteiger partial charge >= 0.3 is 0 Å². The van der Waals surface area contributed by atoms with E-state index in [1.54, 1.807) is 56.3 Å². The first-order valence-corrected chi connectivity index (χ1v) is 11.9. The smallest absolute Gasteiger partial charge is 0.298 e. The van der Waals surface area contributed by atoms with E-state index in [4.69, 9.17) is 11.6 Å². The van der Waals surface area contributed by atoms with Gasteiger partial charge in [0.1, 0.15) is 11.2 Å². The van der Waals surface area contributed by atoms with Gasteiger partial charge in [-0.2, -0.15) is 19.9 Å². The summed E-state index contributed by atoms with van der Waals surface area (Å²) in [6.07, 6.45) is 1.41. The molecule has 0 aliphatic carbocycles. The third-order valence-electron chi connectivity index (χ3n) is 6.08. The molecule has 3 N–H and O–H groups in total. The molecule has 4 aromatic heterocycles. The average Bonchev–Trinajstić information content (AvgIpc) is 3.57. The molecule has 0 aliphatic rings. The Labute approximate surface area is 219 Å². The predicted octanol–water partition coefficient (Wildman–Crippen LogP) is 3.87. The monoisotopic (exact) mass is 526 g/mol. The number of nitrogens with zero attached hydrogens (tertiary/aromatic N) is 5. The Morgan fingerprint density at radius 1 is 0.974 bits per heavy atom. The molecule has 4 heterocycles. The molecule has 2 aromatic carbocycles. The van der Waals surface area contributed by atoms with Crippen molar-refractivity contribution in [1.82, 2.24) is 34.5 Å². The van der Waals surface area contributed by atoms with Gasteiger partial charge in [0.15, 0.2) is 5.65 Å². The van der Waals surface area contributed by atoms with E-state index in [-0.39, 0.29) is 22.8 Å². The highest BCUT2D eigenvalue weighted by molar-refractivity contribution is 6.48. The minimum absolute atomic E-state index is 0.0328. The number of amides is 1. The topological polar surface area (TPSA) is 143 Å². The standard InChI is InChI=1S/C26H19ClN8O3/c1-13-10-20(30-25(38)22(36)21-14(2)29-19-9-4-3-8-17(19)21)35(33-13)26-31-23-18(24(37)32-26)12-28-34(23)16-7-5-6-15(27)11-16/h3-12,29H,1-2H3,(H,30,38)(H,31,32,37). The lowest BCUT2D eigenvalue weighted by molar-refractivity contribution is -0.112. The van der Waals surface area contributed by atoms with E-state index in [1.807, 2.05) is 12.1 Å². The lowest BCUT2D eigenvalue weighted by atomic mass is 10.1. The van der Waals surface area contributed by atoms with E-state index >= 15 is 0 Å². The number of hydrogen-bond donors (Lipinski definition) is 3. The number of ketones is 1. The van der Waals surface area contributed by atoms with Gasteiger partial charge < -0.3 is 10.3 Å². The number of fused-ring (bicyclic) bond motifs is 2. The van der Waals surface area contributed by atoms with E-state index in [9.17, 15) is 14.4 Å². The van der Waals surface area contributed by atoms with E-state index in [1.165, 1.54) is 15.6 Å². The summed E-state index contributed by atoms with van der Waals surface area (Å²) in [7, 11) is 0. The minimum Gasteiger partial charge on any atom is -0.358 e. The van der Waals surface area contributed by atoms with Crippen molar-refractivity contribution in [2.24, 2.45) is 0 Å². The Balaban J connectivity index is 1.39. The zero-order valence-electron chi connectivity index (χ0n) is 20.1. The highest BCUT2D eigenvalue weighted by atomic mass is 35.5. The quantitative estimate of drug-likeness (QED) is 0.230. The molecular weight excluding hydrogens is 508 g/mol. The number of anilines is 1. The molecule has 0 bridgehead atoms. The zero-order chi connectivity index (χ0) is 26.6. The molecule has 0 aliphatic heterocycles. The van der Waals surface area contributed by atoms with Gasteiger partial charge in [-0.3, -0.25) is 19.4 Å². The van der Waals surface area contributed by atoms with Crippen molar-refractivity contribution in [2.45, 2.75) is 13.8 Å². The number of aryl methyl sites for hydroxylation is 2. The van der Waals surface area contributed by atoms with Crippen LogP contribution in [0.5, 0.6) is 0 Å². The maximum absolute atomic E-state index is 13.2. The SMILES string of the molecule is Cc1cc(NC(=O)C(=O)c2c(C)[nH]c3ccccc23)n(-c2nc3c(cnn3-c3cccc(Cl)c3)c(=O)[nH]2)n1. The Hall–Kier alpha value is -5.03. The zero-order valence-corrected chi connectivity index (χ0v) is 20.9. The number of nitrogens with one attached hydrogen (secondary N) is 3. The van der Waals surface area contributed by atoms with Gasteiger partial charge in [0.05, 0.1) is 23.1 Å². The van der Waals surface area contributed by atoms with Crippen LogP contribution < -0.4 is 10.9 Å². The van der Waals surface area contributed by atoms with Crippen molar-refractivity contribution in [3.63, 3.8) is 0 Å². The number of rotatable bonds is 5. The molecule has 0 saturated heterocycles. The molecule has 0 spiro atoms. The summed E-state index contributed by atoms with van der Waals surface area (Å²) in [4.78, 5) is 49.5. The molecule has 6 aromatic rings. The molecule has 0 saturated carbocycles. The third kappa shape index (κ3) is 3.85. The van der Waals surface area contributed by atoms with Crippen molar-refractivity contribution in [2.75, 3.05) is 5.32 Å². The molecular formula is C26H19ClN8O3. The van der Waals surface area contributed by atoms with Crippen LogP contribution in [0.25, 0.3) is 33.6 Å². The summed E-state index contributed by atoms with van der Waals surface area (Å²) in [5, 5.41) is 12.7. The van der Waals surface area contributed by atoms with Gasteiger partial charge in [-0.1, -0.05) is 35.9 Å². The van der Waals surface area contributed by atoms with Crippen LogP contribution in [0.15, 0.2) is 65.6 Å². The molecule has 6 rings (SSSR count). The molecule has 12 heteroatoms. The van der Waals surface area contributed by atoms with Gasteiger partial charge in [-0.15, -0.1) is 0 Å². The highest BCUT2D eigenvalue weighted by Crippen LogP contribution is 2.24. The Kier molecular flexibility index (Phi) is 5.42. The molecule has 0 radical (unpaired) electrons. The number of Topliss-reactive ketones (excluding diaryl/α,β-unsaturated/α-hetero) is 1. The van der Waals surface area contributed by atoms with E-state index < -0.39 is 17.2 Å². The second-order valence-corrected chi connectivity index (χ2v) is 9.14. The number of aromatic nitrogens is 7. The summed E-state index contributed by atoms with van der Waals surface area (Å²) >= 11 is 6.13. The summed E-state index contributed by atoms with van der Waals surface area (Å²) in [6.45, 7) is 3.45. The van der Waals surface area contributed by atoms with Gasteiger partial charge in [0, 0.05) is 27.7 Å². The second kappa shape index (κ2) is 8.82. The summed E-state index contributed by atoms with van der Waals surface area (Å²) in [5.41, 5.74) is 2.59. The van der Waals surface area contributed by atoms with Gasteiger partial charge in [-0.25, -0.2) is 4.68 Å². The second-order valence-electron chi connectivity index (χ2n) is 8.70. The van der Waals surface area contributed by atoms with E-state index in [0.29, 0.717) is 33.0 Å². The van der Waals surface area contributed by atoms with Crippen LogP contribution >= 0.6 is 11.6 Å². The maximum Gasteiger partial charge on any atom is 0.298 e. The normalized spacial score (nSPS) is 11.3. The molecule has 38 heavy (non-hydrogen) atoms. The average molecular weight is 527 g/mol. The number of benzene rings is 2. The number of carbonyl (C=O) groups is 2. The fourth-order valence-electron chi connectivity index (χ4n) is 4.41. The number of hydrogen-bond acceptors (Lipinski definition) is 6. The van der Waals surface area contributed by atoms with E-state index in [0.717, 1.165) is 5.52 Å². The number of H-pyrrole nitrogens is 2. The largest absolute Gasteiger partial charge is 0.358 e. The number of halogens is 1. The molecule has 0 unspecified atom stereocenters. The lowest BCUT2D eigenvalue weighted by Gasteiger charge is -2.09. The first-order chi connectivity index (χ1) is 18.3. The lowest BCUT2D eigenvalue weighted by Crippen LogP contribution is -2.25. The first-order valence-electron chi connectivity index (χ1n) is 11.5. The highest BCUT2D eigenvalue weighted by Gasteiger charge is 2.25. The first kappa shape index (κ1) is 23.4. The fourth-order valence-corrected chi connectivity index (χ4v) is 4.59. The molecule has 11 nitrogen and oxygen atoms in total. The number of para-hydroxylation sites is 1. The van der Waals surface area contributed by atoms with Crippen molar-refractivity contribution < 1.29 is 9.59 Å². The summed E-state index contributed by atoms with van der Waals surface area (Å²) in [6, 6.07) is 15.8.